The molecule has 1 aliphatic heterocycles. The highest BCUT2D eigenvalue weighted by Crippen LogP contribution is 2.29. The van der Waals surface area contributed by atoms with Crippen molar-refractivity contribution in [1.29, 1.82) is 0 Å². The molecule has 0 aromatic heterocycles. The average Bonchev–Trinajstić information content (AvgIpc) is 2.64. The molecule has 19 heavy (non-hydrogen) atoms. The number of aliphatic hydroxyl groups is 1. The topological polar surface area (TPSA) is 66.6 Å². The van der Waals surface area contributed by atoms with Crippen LogP contribution in [0.15, 0.2) is 18.2 Å². The lowest BCUT2D eigenvalue weighted by Crippen LogP contribution is -2.37. The van der Waals surface area contributed by atoms with Crippen molar-refractivity contribution in [3.8, 4) is 0 Å². The second-order valence-electron chi connectivity index (χ2n) is 5.11. The van der Waals surface area contributed by atoms with Gasteiger partial charge < -0.3 is 10.0 Å². The zero-order chi connectivity index (χ0) is 13.8. The van der Waals surface area contributed by atoms with Gasteiger partial charge in [0.15, 0.2) is 0 Å². The van der Waals surface area contributed by atoms with Crippen LogP contribution in [0.1, 0.15) is 31.2 Å². The molecule has 2 rings (SSSR count). The van der Waals surface area contributed by atoms with Crippen LogP contribution in [0, 0.1) is 17.0 Å². The molecule has 0 amide bonds. The molecule has 1 atom stereocenters. The number of aryl methyl sites for hydroxylation is 1. The number of aliphatic hydroxyl groups excluding tert-OH is 1. The molecule has 1 heterocycles. The van der Waals surface area contributed by atoms with E-state index in [1.165, 1.54) is 0 Å². The number of hydrogen-bond donors (Lipinski definition) is 1. The Kier molecular flexibility index (Phi) is 4.37. The Morgan fingerprint density at radius 1 is 1.42 bits per heavy atom. The summed E-state index contributed by atoms with van der Waals surface area (Å²) in [6.07, 6.45) is 4.27. The number of nitro benzene ring substituents is 1. The zero-order valence-electron chi connectivity index (χ0n) is 11.2. The summed E-state index contributed by atoms with van der Waals surface area (Å²) in [5.41, 5.74) is 1.67. The normalized spacial score (nSPS) is 20.1. The fraction of sp³-hybridized carbons (Fsp3) is 0.571. The molecule has 0 saturated carbocycles. The van der Waals surface area contributed by atoms with E-state index in [-0.39, 0.29) is 23.3 Å². The van der Waals surface area contributed by atoms with Crippen molar-refractivity contribution in [2.75, 3.05) is 18.1 Å². The highest BCUT2D eigenvalue weighted by atomic mass is 16.6. The number of rotatable bonds is 3. The molecule has 1 aromatic rings. The van der Waals surface area contributed by atoms with Crippen molar-refractivity contribution in [1.82, 2.24) is 0 Å². The quantitative estimate of drug-likeness (QED) is 0.673. The van der Waals surface area contributed by atoms with Crippen LogP contribution >= 0.6 is 0 Å². The van der Waals surface area contributed by atoms with E-state index in [9.17, 15) is 15.2 Å². The summed E-state index contributed by atoms with van der Waals surface area (Å²) in [7, 11) is 0. The molecule has 1 unspecified atom stereocenters. The highest BCUT2D eigenvalue weighted by molar-refractivity contribution is 5.57. The van der Waals surface area contributed by atoms with Crippen molar-refractivity contribution in [2.45, 2.75) is 38.6 Å². The van der Waals surface area contributed by atoms with Gasteiger partial charge in [-0.2, -0.15) is 0 Å². The lowest BCUT2D eigenvalue weighted by atomic mass is 10.1. The molecule has 0 aliphatic carbocycles. The van der Waals surface area contributed by atoms with Gasteiger partial charge in [-0.05, 0) is 25.8 Å². The highest BCUT2D eigenvalue weighted by Gasteiger charge is 2.22. The molecule has 5 heteroatoms. The maximum absolute atomic E-state index is 11.0. The van der Waals surface area contributed by atoms with Crippen molar-refractivity contribution in [3.63, 3.8) is 0 Å². The first-order chi connectivity index (χ1) is 9.13. The Morgan fingerprint density at radius 3 is 2.89 bits per heavy atom. The summed E-state index contributed by atoms with van der Waals surface area (Å²) < 4.78 is 0. The average molecular weight is 264 g/mol. The van der Waals surface area contributed by atoms with Gasteiger partial charge in [0.25, 0.3) is 5.69 Å². The molecule has 1 aliphatic rings. The molecule has 1 saturated heterocycles. The van der Waals surface area contributed by atoms with Crippen LogP contribution in [0.25, 0.3) is 0 Å². The van der Waals surface area contributed by atoms with E-state index in [0.717, 1.165) is 37.9 Å². The Bertz CT molecular complexity index is 462. The Hall–Kier alpha value is -1.62. The van der Waals surface area contributed by atoms with Crippen LogP contribution in [-0.2, 0) is 0 Å². The molecule has 0 spiro atoms. The van der Waals surface area contributed by atoms with Gasteiger partial charge in [-0.3, -0.25) is 10.1 Å². The van der Waals surface area contributed by atoms with Crippen LogP contribution < -0.4 is 4.90 Å². The van der Waals surface area contributed by atoms with Crippen LogP contribution in [0.3, 0.4) is 0 Å². The number of anilines is 1. The summed E-state index contributed by atoms with van der Waals surface area (Å²) in [4.78, 5) is 12.8. The SMILES string of the molecule is Cc1ccc(N2CCCCCC2CO)cc1[N+](=O)[O-]. The van der Waals surface area contributed by atoms with E-state index >= 15 is 0 Å². The molecular weight excluding hydrogens is 244 g/mol. The van der Waals surface area contributed by atoms with E-state index in [4.69, 9.17) is 0 Å². The maximum Gasteiger partial charge on any atom is 0.274 e. The van der Waals surface area contributed by atoms with Crippen LogP contribution in [0.4, 0.5) is 11.4 Å². The molecule has 1 fully saturated rings. The Morgan fingerprint density at radius 2 is 2.21 bits per heavy atom. The largest absolute Gasteiger partial charge is 0.394 e. The van der Waals surface area contributed by atoms with E-state index in [2.05, 4.69) is 4.90 Å². The van der Waals surface area contributed by atoms with E-state index < -0.39 is 0 Å². The van der Waals surface area contributed by atoms with Crippen molar-refractivity contribution in [3.05, 3.63) is 33.9 Å². The third-order valence-electron chi connectivity index (χ3n) is 3.81. The van der Waals surface area contributed by atoms with Gasteiger partial charge in [-0.15, -0.1) is 0 Å². The number of benzene rings is 1. The monoisotopic (exact) mass is 264 g/mol. The third-order valence-corrected chi connectivity index (χ3v) is 3.81. The lowest BCUT2D eigenvalue weighted by molar-refractivity contribution is -0.385. The van der Waals surface area contributed by atoms with Gasteiger partial charge in [0.1, 0.15) is 0 Å². The first kappa shape index (κ1) is 13.8. The molecule has 1 aromatic carbocycles. The van der Waals surface area contributed by atoms with Crippen LogP contribution in [-0.4, -0.2) is 29.2 Å². The zero-order valence-corrected chi connectivity index (χ0v) is 11.2. The summed E-state index contributed by atoms with van der Waals surface area (Å²) in [5.74, 6) is 0. The summed E-state index contributed by atoms with van der Waals surface area (Å²) in [6.45, 7) is 2.70. The summed E-state index contributed by atoms with van der Waals surface area (Å²) in [5, 5.41) is 20.5. The molecular formula is C14H20N2O3. The van der Waals surface area contributed by atoms with Crippen LogP contribution in [0.2, 0.25) is 0 Å². The fourth-order valence-electron chi connectivity index (χ4n) is 2.68. The van der Waals surface area contributed by atoms with Gasteiger partial charge in [0.2, 0.25) is 0 Å². The minimum absolute atomic E-state index is 0.0739. The van der Waals surface area contributed by atoms with Crippen LogP contribution in [0.5, 0.6) is 0 Å². The third kappa shape index (κ3) is 3.04. The number of nitrogens with zero attached hydrogens (tertiary/aromatic N) is 2. The van der Waals surface area contributed by atoms with E-state index in [0.29, 0.717) is 5.56 Å². The molecule has 1 N–H and O–H groups in total. The predicted octanol–water partition coefficient (Wildman–Crippen LogP) is 2.64. The summed E-state index contributed by atoms with van der Waals surface area (Å²) in [6, 6.07) is 5.40. The Balaban J connectivity index is 2.33. The van der Waals surface area contributed by atoms with Gasteiger partial charge in [0, 0.05) is 23.9 Å². The molecule has 0 radical (unpaired) electrons. The number of nitro groups is 1. The first-order valence-corrected chi connectivity index (χ1v) is 6.76. The van der Waals surface area contributed by atoms with Gasteiger partial charge >= 0.3 is 0 Å². The van der Waals surface area contributed by atoms with Gasteiger partial charge in [0.05, 0.1) is 17.6 Å². The van der Waals surface area contributed by atoms with Crippen molar-refractivity contribution < 1.29 is 10.0 Å². The van der Waals surface area contributed by atoms with E-state index in [1.807, 2.05) is 6.07 Å². The fourth-order valence-corrected chi connectivity index (χ4v) is 2.68. The standard InChI is InChI=1S/C14H20N2O3/c1-11-6-7-12(9-14(11)16(18)19)15-8-4-2-3-5-13(15)10-17/h6-7,9,13,17H,2-5,8,10H2,1H3. The molecule has 5 nitrogen and oxygen atoms in total. The van der Waals surface area contributed by atoms with Gasteiger partial charge in [-0.1, -0.05) is 18.9 Å². The molecule has 0 bridgehead atoms. The van der Waals surface area contributed by atoms with Gasteiger partial charge in [-0.25, -0.2) is 0 Å². The number of hydrogen-bond acceptors (Lipinski definition) is 4. The second-order valence-corrected chi connectivity index (χ2v) is 5.11. The minimum atomic E-state index is -0.343. The van der Waals surface area contributed by atoms with Crippen molar-refractivity contribution >= 4 is 11.4 Å². The first-order valence-electron chi connectivity index (χ1n) is 6.76. The van der Waals surface area contributed by atoms with E-state index in [1.54, 1.807) is 19.1 Å². The lowest BCUT2D eigenvalue weighted by Gasteiger charge is -2.30. The Labute approximate surface area is 113 Å². The second kappa shape index (κ2) is 6.02. The summed E-state index contributed by atoms with van der Waals surface area (Å²) >= 11 is 0. The maximum atomic E-state index is 11.0. The smallest absolute Gasteiger partial charge is 0.274 e. The molecule has 104 valence electrons. The minimum Gasteiger partial charge on any atom is -0.394 e. The van der Waals surface area contributed by atoms with Crippen molar-refractivity contribution in [2.24, 2.45) is 0 Å². The predicted molar refractivity (Wildman–Crippen MR) is 74.5 cm³/mol.